The standard InChI is InChI=1S/C49H70N2/c1-5-7-9-11-13-15-17-19-21-48(46-33-31-44(50)35-38(46)3)42-27-23-40(24-28-42)37-41-25-29-43(30-26-41)49(47-34-32-45(51)36-39(47)4)22-20-18-16-14-12-10-8-6-2/h23-36,48-49H,5-22,37,50-51H2,1-4H3. The van der Waals surface area contributed by atoms with Gasteiger partial charge in [0.25, 0.3) is 0 Å². The van der Waals surface area contributed by atoms with Crippen LogP contribution < -0.4 is 11.5 Å². The molecule has 276 valence electrons. The minimum atomic E-state index is 0.411. The van der Waals surface area contributed by atoms with Gasteiger partial charge in [-0.3, -0.25) is 0 Å². The van der Waals surface area contributed by atoms with Crippen LogP contribution in [0.5, 0.6) is 0 Å². The summed E-state index contributed by atoms with van der Waals surface area (Å²) in [7, 11) is 0. The zero-order chi connectivity index (χ0) is 36.3. The van der Waals surface area contributed by atoms with Crippen LogP contribution in [0.3, 0.4) is 0 Å². The lowest BCUT2D eigenvalue weighted by atomic mass is 9.83. The second-order valence-electron chi connectivity index (χ2n) is 15.5. The van der Waals surface area contributed by atoms with E-state index in [-0.39, 0.29) is 0 Å². The van der Waals surface area contributed by atoms with Crippen molar-refractivity contribution in [1.29, 1.82) is 0 Å². The summed E-state index contributed by atoms with van der Waals surface area (Å²) < 4.78 is 0. The average Bonchev–Trinajstić information content (AvgIpc) is 3.12. The molecule has 2 unspecified atom stereocenters. The molecule has 0 saturated carbocycles. The van der Waals surface area contributed by atoms with Gasteiger partial charge in [0.1, 0.15) is 0 Å². The first-order valence-electron chi connectivity index (χ1n) is 20.8. The maximum Gasteiger partial charge on any atom is 0.0316 e. The van der Waals surface area contributed by atoms with Gasteiger partial charge in [0.15, 0.2) is 0 Å². The van der Waals surface area contributed by atoms with E-state index >= 15 is 0 Å². The minimum absolute atomic E-state index is 0.411. The number of hydrogen-bond acceptors (Lipinski definition) is 2. The number of nitrogens with two attached hydrogens (primary N) is 2. The van der Waals surface area contributed by atoms with Crippen molar-refractivity contribution in [3.8, 4) is 0 Å². The highest BCUT2D eigenvalue weighted by molar-refractivity contribution is 5.49. The minimum Gasteiger partial charge on any atom is -0.399 e. The van der Waals surface area contributed by atoms with Crippen molar-refractivity contribution < 1.29 is 0 Å². The molecule has 0 aromatic heterocycles. The molecule has 4 N–H and O–H groups in total. The van der Waals surface area contributed by atoms with Crippen LogP contribution in [0.15, 0.2) is 84.9 Å². The number of nitrogen functional groups attached to an aromatic ring is 2. The number of benzene rings is 4. The summed E-state index contributed by atoms with van der Waals surface area (Å²) in [6.07, 6.45) is 24.9. The Labute approximate surface area is 312 Å². The topological polar surface area (TPSA) is 52.0 Å². The number of aryl methyl sites for hydroxylation is 2. The van der Waals surface area contributed by atoms with Crippen molar-refractivity contribution in [3.05, 3.63) is 129 Å². The van der Waals surface area contributed by atoms with E-state index in [4.69, 9.17) is 11.5 Å². The van der Waals surface area contributed by atoms with Crippen LogP contribution in [0.25, 0.3) is 0 Å². The van der Waals surface area contributed by atoms with Crippen molar-refractivity contribution in [2.75, 3.05) is 11.5 Å². The lowest BCUT2D eigenvalue weighted by Crippen LogP contribution is -2.05. The molecule has 0 radical (unpaired) electrons. The van der Waals surface area contributed by atoms with E-state index < -0.39 is 0 Å². The molecule has 0 aliphatic rings. The Kier molecular flexibility index (Phi) is 17.7. The van der Waals surface area contributed by atoms with Gasteiger partial charge in [0, 0.05) is 23.2 Å². The van der Waals surface area contributed by atoms with E-state index in [0.29, 0.717) is 11.8 Å². The quantitative estimate of drug-likeness (QED) is 0.0569. The molecule has 0 saturated heterocycles. The molecule has 0 aliphatic carbocycles. The summed E-state index contributed by atoms with van der Waals surface area (Å²) in [5, 5.41) is 0. The number of unbranched alkanes of at least 4 members (excludes halogenated alkanes) is 14. The third-order valence-corrected chi connectivity index (χ3v) is 11.2. The van der Waals surface area contributed by atoms with E-state index in [9.17, 15) is 0 Å². The van der Waals surface area contributed by atoms with Gasteiger partial charge < -0.3 is 11.5 Å². The molecule has 0 spiro atoms. The highest BCUT2D eigenvalue weighted by atomic mass is 14.5. The SMILES string of the molecule is CCCCCCCCCCC(c1ccc(Cc2ccc(C(CCCCCCCCCC)c3ccc(N)cc3C)cc2)cc1)c1ccc(N)cc1C. The lowest BCUT2D eigenvalue weighted by Gasteiger charge is -2.22. The first-order valence-corrected chi connectivity index (χ1v) is 20.8. The van der Waals surface area contributed by atoms with Crippen LogP contribution in [0.1, 0.15) is 186 Å². The molecule has 4 aromatic carbocycles. The zero-order valence-electron chi connectivity index (χ0n) is 32.8. The lowest BCUT2D eigenvalue weighted by molar-refractivity contribution is 0.551. The zero-order valence-corrected chi connectivity index (χ0v) is 32.8. The first-order chi connectivity index (χ1) is 24.9. The second-order valence-corrected chi connectivity index (χ2v) is 15.5. The van der Waals surface area contributed by atoms with Crippen molar-refractivity contribution in [2.45, 2.75) is 162 Å². The van der Waals surface area contributed by atoms with Gasteiger partial charge in [-0.05, 0) is 102 Å². The predicted molar refractivity (Wildman–Crippen MR) is 225 cm³/mol. The molecule has 2 atom stereocenters. The molecular weight excluding hydrogens is 617 g/mol. The molecule has 0 bridgehead atoms. The normalized spacial score (nSPS) is 12.6. The summed E-state index contributed by atoms with van der Waals surface area (Å²) in [5.41, 5.74) is 25.1. The van der Waals surface area contributed by atoms with Crippen molar-refractivity contribution >= 4 is 11.4 Å². The fourth-order valence-electron chi connectivity index (χ4n) is 8.12. The van der Waals surface area contributed by atoms with E-state index in [1.807, 2.05) is 0 Å². The molecular formula is C49H70N2. The Morgan fingerprint density at radius 2 is 0.745 bits per heavy atom. The highest BCUT2D eigenvalue weighted by Crippen LogP contribution is 2.35. The fraction of sp³-hybridized carbons (Fsp3) is 0.510. The monoisotopic (exact) mass is 687 g/mol. The predicted octanol–water partition coefficient (Wildman–Crippen LogP) is 14.4. The van der Waals surface area contributed by atoms with Crippen LogP contribution in [-0.2, 0) is 6.42 Å². The van der Waals surface area contributed by atoms with Gasteiger partial charge in [0.2, 0.25) is 0 Å². The first kappa shape index (κ1) is 40.3. The Balaban J connectivity index is 1.40. The van der Waals surface area contributed by atoms with Crippen LogP contribution >= 0.6 is 0 Å². The second kappa shape index (κ2) is 22.4. The Bertz CT molecular complexity index is 1420. The van der Waals surface area contributed by atoms with Crippen molar-refractivity contribution in [2.24, 2.45) is 0 Å². The van der Waals surface area contributed by atoms with E-state index in [2.05, 4.69) is 113 Å². The number of hydrogen-bond donors (Lipinski definition) is 2. The van der Waals surface area contributed by atoms with E-state index in [1.165, 1.54) is 160 Å². The average molecular weight is 687 g/mol. The Hall–Kier alpha value is -3.52. The summed E-state index contributed by atoms with van der Waals surface area (Å²) >= 11 is 0. The summed E-state index contributed by atoms with van der Waals surface area (Å²) in [6, 6.07) is 32.0. The molecule has 2 nitrogen and oxygen atoms in total. The molecule has 0 heterocycles. The van der Waals surface area contributed by atoms with Crippen LogP contribution in [-0.4, -0.2) is 0 Å². The van der Waals surface area contributed by atoms with Crippen molar-refractivity contribution in [3.63, 3.8) is 0 Å². The largest absolute Gasteiger partial charge is 0.399 e. The molecule has 0 aliphatic heterocycles. The van der Waals surface area contributed by atoms with Gasteiger partial charge in [0.05, 0.1) is 0 Å². The summed E-state index contributed by atoms with van der Waals surface area (Å²) in [6.45, 7) is 9.03. The van der Waals surface area contributed by atoms with Gasteiger partial charge in [-0.1, -0.05) is 177 Å². The van der Waals surface area contributed by atoms with Gasteiger partial charge >= 0.3 is 0 Å². The number of rotatable bonds is 24. The molecule has 4 aromatic rings. The van der Waals surface area contributed by atoms with Crippen molar-refractivity contribution in [1.82, 2.24) is 0 Å². The molecule has 0 amide bonds. The van der Waals surface area contributed by atoms with Crippen LogP contribution in [0, 0.1) is 13.8 Å². The molecule has 4 rings (SSSR count). The maximum absolute atomic E-state index is 6.16. The van der Waals surface area contributed by atoms with Gasteiger partial charge in [-0.25, -0.2) is 0 Å². The maximum atomic E-state index is 6.16. The van der Waals surface area contributed by atoms with E-state index in [0.717, 1.165) is 17.8 Å². The van der Waals surface area contributed by atoms with Crippen LogP contribution in [0.4, 0.5) is 11.4 Å². The Morgan fingerprint density at radius 1 is 0.412 bits per heavy atom. The number of anilines is 2. The van der Waals surface area contributed by atoms with Gasteiger partial charge in [-0.2, -0.15) is 0 Å². The van der Waals surface area contributed by atoms with E-state index in [1.54, 1.807) is 0 Å². The third-order valence-electron chi connectivity index (χ3n) is 11.2. The molecule has 51 heavy (non-hydrogen) atoms. The van der Waals surface area contributed by atoms with Gasteiger partial charge in [-0.15, -0.1) is 0 Å². The third kappa shape index (κ3) is 13.5. The summed E-state index contributed by atoms with van der Waals surface area (Å²) in [4.78, 5) is 0. The highest BCUT2D eigenvalue weighted by Gasteiger charge is 2.18. The van der Waals surface area contributed by atoms with Crippen LogP contribution in [0.2, 0.25) is 0 Å². The smallest absolute Gasteiger partial charge is 0.0316 e. The Morgan fingerprint density at radius 3 is 1.08 bits per heavy atom. The fourth-order valence-corrected chi connectivity index (χ4v) is 8.12. The molecule has 0 fully saturated rings. The molecule has 2 heteroatoms. The summed E-state index contributed by atoms with van der Waals surface area (Å²) in [5.74, 6) is 0.822.